The van der Waals surface area contributed by atoms with Crippen molar-refractivity contribution in [2.24, 2.45) is 5.92 Å². The molecule has 3 nitrogen and oxygen atoms in total. The van der Waals surface area contributed by atoms with Crippen LogP contribution in [0.1, 0.15) is 0 Å². The Morgan fingerprint density at radius 1 is 1.50 bits per heavy atom. The fourth-order valence-electron chi connectivity index (χ4n) is 1.87. The Hall–Kier alpha value is -1.20. The normalized spacial score (nSPS) is 16.6. The summed E-state index contributed by atoms with van der Waals surface area (Å²) in [5, 5.41) is 0. The minimum atomic E-state index is -0.316. The minimum absolute atomic E-state index is 0.0907. The van der Waals surface area contributed by atoms with E-state index < -0.39 is 0 Å². The van der Waals surface area contributed by atoms with Gasteiger partial charge in [-0.25, -0.2) is 4.39 Å². The van der Waals surface area contributed by atoms with Crippen LogP contribution in [0.15, 0.2) is 23.0 Å². The van der Waals surface area contributed by atoms with E-state index in [1.165, 1.54) is 6.07 Å². The Balaban J connectivity index is 2.11. The smallest absolute Gasteiger partial charge is 0.308 e. The van der Waals surface area contributed by atoms with Gasteiger partial charge in [-0.15, -0.1) is 0 Å². The standard InChI is InChI=1S/C11H10FNO2S/c12-8-2-1-3-9-10(8)16-11(14)13(9)4-7-5-15-6-7/h1-3,7H,4-6H2. The lowest BCUT2D eigenvalue weighted by Crippen LogP contribution is -2.33. The predicted octanol–water partition coefficient (Wildman–Crippen LogP) is 1.85. The van der Waals surface area contributed by atoms with Crippen LogP contribution in [0.2, 0.25) is 0 Å². The second-order valence-electron chi connectivity index (χ2n) is 3.97. The second-order valence-corrected chi connectivity index (χ2v) is 4.93. The van der Waals surface area contributed by atoms with Gasteiger partial charge < -0.3 is 4.74 Å². The maximum Gasteiger partial charge on any atom is 0.308 e. The Morgan fingerprint density at radius 3 is 3.00 bits per heavy atom. The molecule has 0 aliphatic carbocycles. The van der Waals surface area contributed by atoms with Gasteiger partial charge in [-0.2, -0.15) is 0 Å². The maximum atomic E-state index is 13.4. The molecular formula is C11H10FNO2S. The molecule has 0 radical (unpaired) electrons. The molecule has 1 aliphatic heterocycles. The van der Waals surface area contributed by atoms with Crippen molar-refractivity contribution < 1.29 is 9.13 Å². The summed E-state index contributed by atoms with van der Waals surface area (Å²) < 4.78 is 20.6. The molecule has 2 aromatic rings. The molecular weight excluding hydrogens is 229 g/mol. The van der Waals surface area contributed by atoms with Gasteiger partial charge in [0, 0.05) is 12.5 Å². The van der Waals surface area contributed by atoms with Gasteiger partial charge in [0.1, 0.15) is 5.82 Å². The number of halogens is 1. The summed E-state index contributed by atoms with van der Waals surface area (Å²) in [5.74, 6) is 0.0713. The quantitative estimate of drug-likeness (QED) is 0.800. The topological polar surface area (TPSA) is 31.2 Å². The van der Waals surface area contributed by atoms with E-state index in [4.69, 9.17) is 4.74 Å². The largest absolute Gasteiger partial charge is 0.381 e. The first-order valence-electron chi connectivity index (χ1n) is 5.11. The van der Waals surface area contributed by atoms with Crippen molar-refractivity contribution in [1.82, 2.24) is 4.57 Å². The van der Waals surface area contributed by atoms with E-state index in [9.17, 15) is 9.18 Å². The number of rotatable bonds is 2. The zero-order valence-corrected chi connectivity index (χ0v) is 9.30. The lowest BCUT2D eigenvalue weighted by atomic mass is 10.1. The van der Waals surface area contributed by atoms with Crippen LogP contribution >= 0.6 is 11.3 Å². The van der Waals surface area contributed by atoms with Gasteiger partial charge in [-0.05, 0) is 12.1 Å². The Labute approximate surface area is 95.1 Å². The summed E-state index contributed by atoms with van der Waals surface area (Å²) in [4.78, 5) is 11.6. The first kappa shape index (κ1) is 9.99. The van der Waals surface area contributed by atoms with Gasteiger partial charge in [0.05, 0.1) is 23.4 Å². The summed E-state index contributed by atoms with van der Waals surface area (Å²) >= 11 is 0.974. The summed E-state index contributed by atoms with van der Waals surface area (Å²) in [6.07, 6.45) is 0. The number of benzene rings is 1. The lowest BCUT2D eigenvalue weighted by Gasteiger charge is -2.26. The summed E-state index contributed by atoms with van der Waals surface area (Å²) in [5.41, 5.74) is 0.696. The van der Waals surface area contributed by atoms with E-state index in [-0.39, 0.29) is 10.7 Å². The first-order valence-corrected chi connectivity index (χ1v) is 5.93. The average Bonchev–Trinajstić information content (AvgIpc) is 2.51. The summed E-state index contributed by atoms with van der Waals surface area (Å²) in [6.45, 7) is 2.01. The van der Waals surface area contributed by atoms with E-state index in [0.29, 0.717) is 35.9 Å². The van der Waals surface area contributed by atoms with E-state index in [2.05, 4.69) is 0 Å². The molecule has 1 fully saturated rings. The highest BCUT2D eigenvalue weighted by atomic mass is 32.1. The van der Waals surface area contributed by atoms with Crippen LogP contribution in [0, 0.1) is 11.7 Å². The van der Waals surface area contributed by atoms with Gasteiger partial charge in [0.2, 0.25) is 0 Å². The van der Waals surface area contributed by atoms with Crippen LogP contribution in [0.5, 0.6) is 0 Å². The Morgan fingerprint density at radius 2 is 2.31 bits per heavy atom. The number of hydrogen-bond donors (Lipinski definition) is 0. The highest BCUT2D eigenvalue weighted by Crippen LogP contribution is 2.22. The molecule has 0 atom stereocenters. The van der Waals surface area contributed by atoms with Crippen LogP contribution < -0.4 is 4.87 Å². The molecule has 1 aliphatic rings. The van der Waals surface area contributed by atoms with E-state index in [1.807, 2.05) is 0 Å². The fraction of sp³-hybridized carbons (Fsp3) is 0.364. The zero-order valence-electron chi connectivity index (χ0n) is 8.48. The molecule has 0 bridgehead atoms. The summed E-state index contributed by atoms with van der Waals surface area (Å²) in [6, 6.07) is 4.81. The van der Waals surface area contributed by atoms with Crippen molar-refractivity contribution in [1.29, 1.82) is 0 Å². The molecule has 16 heavy (non-hydrogen) atoms. The molecule has 0 spiro atoms. The van der Waals surface area contributed by atoms with Gasteiger partial charge in [-0.3, -0.25) is 9.36 Å². The Kier molecular flexibility index (Phi) is 2.29. The number of fused-ring (bicyclic) bond motifs is 1. The molecule has 2 heterocycles. The third-order valence-corrected chi connectivity index (χ3v) is 3.80. The molecule has 0 amide bonds. The Bertz CT molecular complexity index is 585. The number of aromatic nitrogens is 1. The number of nitrogens with zero attached hydrogens (tertiary/aromatic N) is 1. The SMILES string of the molecule is O=c1sc2c(F)cccc2n1CC1COC1. The maximum absolute atomic E-state index is 13.4. The van der Waals surface area contributed by atoms with Gasteiger partial charge in [0.25, 0.3) is 0 Å². The van der Waals surface area contributed by atoms with Crippen LogP contribution in [0.4, 0.5) is 4.39 Å². The molecule has 84 valence electrons. The third-order valence-electron chi connectivity index (χ3n) is 2.79. The molecule has 1 aromatic heterocycles. The molecule has 5 heteroatoms. The molecule has 3 rings (SSSR count). The third kappa shape index (κ3) is 1.47. The molecule has 0 saturated carbocycles. The second kappa shape index (κ2) is 3.68. The van der Waals surface area contributed by atoms with Crippen molar-refractivity contribution in [3.63, 3.8) is 0 Å². The average molecular weight is 239 g/mol. The van der Waals surface area contributed by atoms with Crippen LogP contribution in [0.25, 0.3) is 10.2 Å². The highest BCUT2D eigenvalue weighted by molar-refractivity contribution is 7.16. The predicted molar refractivity (Wildman–Crippen MR) is 60.4 cm³/mol. The van der Waals surface area contributed by atoms with E-state index in [0.717, 1.165) is 11.3 Å². The first-order chi connectivity index (χ1) is 7.75. The molecule has 0 N–H and O–H groups in total. The van der Waals surface area contributed by atoms with Crippen molar-refractivity contribution in [2.45, 2.75) is 6.54 Å². The number of thiazole rings is 1. The van der Waals surface area contributed by atoms with Crippen LogP contribution in [-0.4, -0.2) is 17.8 Å². The molecule has 1 saturated heterocycles. The number of ether oxygens (including phenoxy) is 1. The van der Waals surface area contributed by atoms with Crippen LogP contribution in [0.3, 0.4) is 0 Å². The zero-order chi connectivity index (χ0) is 11.1. The fourth-order valence-corrected chi connectivity index (χ4v) is 2.78. The minimum Gasteiger partial charge on any atom is -0.381 e. The highest BCUT2D eigenvalue weighted by Gasteiger charge is 2.21. The van der Waals surface area contributed by atoms with Gasteiger partial charge in [-0.1, -0.05) is 17.4 Å². The van der Waals surface area contributed by atoms with Gasteiger partial charge >= 0.3 is 4.87 Å². The molecule has 0 unspecified atom stereocenters. The summed E-state index contributed by atoms with van der Waals surface area (Å²) in [7, 11) is 0. The van der Waals surface area contributed by atoms with Crippen molar-refractivity contribution in [2.75, 3.05) is 13.2 Å². The van der Waals surface area contributed by atoms with Crippen molar-refractivity contribution in [3.8, 4) is 0 Å². The van der Waals surface area contributed by atoms with Crippen LogP contribution in [-0.2, 0) is 11.3 Å². The molecule has 1 aromatic carbocycles. The van der Waals surface area contributed by atoms with E-state index >= 15 is 0 Å². The van der Waals surface area contributed by atoms with Gasteiger partial charge in [0.15, 0.2) is 0 Å². The number of hydrogen-bond acceptors (Lipinski definition) is 3. The monoisotopic (exact) mass is 239 g/mol. The van der Waals surface area contributed by atoms with Crippen molar-refractivity contribution >= 4 is 21.6 Å². The lowest BCUT2D eigenvalue weighted by molar-refractivity contribution is -0.0391. The van der Waals surface area contributed by atoms with Crippen molar-refractivity contribution in [3.05, 3.63) is 33.7 Å². The van der Waals surface area contributed by atoms with E-state index in [1.54, 1.807) is 16.7 Å².